The van der Waals surface area contributed by atoms with E-state index in [1.54, 1.807) is 0 Å². The molecule has 0 bridgehead atoms. The minimum atomic E-state index is -0.944. The van der Waals surface area contributed by atoms with E-state index >= 15 is 0 Å². The van der Waals surface area contributed by atoms with Gasteiger partial charge >= 0.3 is 0 Å². The molecule has 0 spiro atoms. The van der Waals surface area contributed by atoms with E-state index < -0.39 is 11.4 Å². The lowest BCUT2D eigenvalue weighted by molar-refractivity contribution is -0.124. The average Bonchev–Trinajstić information content (AvgIpc) is 3.12. The smallest absolute Gasteiger partial charge is 0.239 e. The van der Waals surface area contributed by atoms with E-state index in [4.69, 9.17) is 11.5 Å². The summed E-state index contributed by atoms with van der Waals surface area (Å²) in [6.45, 7) is 4.54. The van der Waals surface area contributed by atoms with E-state index in [1.807, 2.05) is 4.68 Å². The number of carbonyl (C=O) groups is 1. The summed E-state index contributed by atoms with van der Waals surface area (Å²) < 4.78 is 1.86. The monoisotopic (exact) mass is 250 g/mol. The molecule has 18 heavy (non-hydrogen) atoms. The van der Waals surface area contributed by atoms with Crippen LogP contribution in [0.5, 0.6) is 0 Å². The molecule has 1 unspecified atom stereocenters. The molecular weight excluding hydrogens is 228 g/mol. The van der Waals surface area contributed by atoms with Gasteiger partial charge in [-0.1, -0.05) is 13.8 Å². The molecule has 4 N–H and O–H groups in total. The Morgan fingerprint density at radius 2 is 2.17 bits per heavy atom. The Bertz CT molecular complexity index is 450. The van der Waals surface area contributed by atoms with Gasteiger partial charge in [0.1, 0.15) is 5.54 Å². The van der Waals surface area contributed by atoms with Crippen LogP contribution in [-0.4, -0.2) is 21.2 Å². The fraction of sp³-hybridized carbons (Fsp3) is 0.692. The van der Waals surface area contributed by atoms with Gasteiger partial charge in [0.2, 0.25) is 5.91 Å². The van der Waals surface area contributed by atoms with E-state index in [0.717, 1.165) is 37.1 Å². The summed E-state index contributed by atoms with van der Waals surface area (Å²) in [5, 5.41) is 4.51. The van der Waals surface area contributed by atoms with Crippen LogP contribution in [0, 0.1) is 5.92 Å². The van der Waals surface area contributed by atoms with Crippen LogP contribution in [0.2, 0.25) is 0 Å². The summed E-state index contributed by atoms with van der Waals surface area (Å²) in [7, 11) is 0. The van der Waals surface area contributed by atoms with Crippen molar-refractivity contribution in [2.45, 2.75) is 51.6 Å². The largest absolute Gasteiger partial charge is 0.368 e. The molecule has 1 aliphatic rings. The van der Waals surface area contributed by atoms with E-state index in [-0.39, 0.29) is 5.92 Å². The van der Waals surface area contributed by atoms with Crippen molar-refractivity contribution in [1.29, 1.82) is 0 Å². The Labute approximate surface area is 108 Å². The summed E-state index contributed by atoms with van der Waals surface area (Å²) in [5.41, 5.74) is 12.9. The first kappa shape index (κ1) is 13.1. The normalized spacial score (nSPS) is 18.6. The third-order valence-corrected chi connectivity index (χ3v) is 3.81. The van der Waals surface area contributed by atoms with Gasteiger partial charge in [-0.3, -0.25) is 9.48 Å². The molecule has 1 atom stereocenters. The molecule has 1 fully saturated rings. The minimum absolute atomic E-state index is 0.217. The van der Waals surface area contributed by atoms with E-state index in [0.29, 0.717) is 6.54 Å². The maximum absolute atomic E-state index is 11.6. The second-order valence-corrected chi connectivity index (χ2v) is 5.17. The Morgan fingerprint density at radius 3 is 2.61 bits per heavy atom. The highest BCUT2D eigenvalue weighted by atomic mass is 16.1. The Morgan fingerprint density at radius 1 is 1.50 bits per heavy atom. The first-order valence-electron chi connectivity index (χ1n) is 6.65. The van der Waals surface area contributed by atoms with Crippen molar-refractivity contribution in [3.05, 3.63) is 17.5 Å². The maximum Gasteiger partial charge on any atom is 0.239 e. The summed E-state index contributed by atoms with van der Waals surface area (Å²) in [5.74, 6) is -0.199. The quantitative estimate of drug-likeness (QED) is 0.775. The molecule has 1 amide bonds. The number of rotatable bonds is 6. The molecular formula is C13H22N4O. The van der Waals surface area contributed by atoms with Gasteiger partial charge < -0.3 is 11.5 Å². The van der Waals surface area contributed by atoms with Crippen LogP contribution in [0.3, 0.4) is 0 Å². The van der Waals surface area contributed by atoms with Gasteiger partial charge in [-0.15, -0.1) is 0 Å². The number of primary amides is 1. The van der Waals surface area contributed by atoms with Crippen LogP contribution >= 0.6 is 0 Å². The second-order valence-electron chi connectivity index (χ2n) is 5.17. The molecule has 1 saturated carbocycles. The van der Waals surface area contributed by atoms with Crippen LogP contribution in [-0.2, 0) is 24.2 Å². The number of aryl methyl sites for hydroxylation is 2. The molecule has 1 heterocycles. The van der Waals surface area contributed by atoms with Crippen molar-refractivity contribution in [3.63, 3.8) is 0 Å². The third-order valence-electron chi connectivity index (χ3n) is 3.81. The van der Waals surface area contributed by atoms with Crippen molar-refractivity contribution in [2.75, 3.05) is 0 Å². The zero-order valence-corrected chi connectivity index (χ0v) is 11.1. The van der Waals surface area contributed by atoms with Crippen molar-refractivity contribution in [1.82, 2.24) is 9.78 Å². The molecule has 1 aromatic rings. The lowest BCUT2D eigenvalue weighted by Gasteiger charge is -2.26. The molecule has 2 rings (SSSR count). The third kappa shape index (κ3) is 2.27. The number of nitrogens with zero attached hydrogens (tertiary/aromatic N) is 2. The first-order valence-corrected chi connectivity index (χ1v) is 6.65. The predicted molar refractivity (Wildman–Crippen MR) is 69.8 cm³/mol. The summed E-state index contributed by atoms with van der Waals surface area (Å²) in [6, 6.07) is 2.08. The number of carbonyl (C=O) groups excluding carboxylic acids is 1. The van der Waals surface area contributed by atoms with Crippen LogP contribution < -0.4 is 11.5 Å². The standard InChI is InChI=1S/C13H22N4O/c1-3-10-7-11(4-2)17(16-10)8-13(15,12(14)18)9-5-6-9/h7,9H,3-6,8,15H2,1-2H3,(H2,14,18). The van der Waals surface area contributed by atoms with Crippen LogP contribution in [0.4, 0.5) is 0 Å². The Hall–Kier alpha value is -1.36. The fourth-order valence-electron chi connectivity index (χ4n) is 2.36. The molecule has 1 aromatic heterocycles. The lowest BCUT2D eigenvalue weighted by Crippen LogP contribution is -2.57. The Kier molecular flexibility index (Phi) is 3.43. The van der Waals surface area contributed by atoms with Crippen molar-refractivity contribution in [2.24, 2.45) is 17.4 Å². The number of hydrogen-bond acceptors (Lipinski definition) is 3. The number of nitrogens with two attached hydrogens (primary N) is 2. The highest BCUT2D eigenvalue weighted by molar-refractivity contribution is 5.85. The van der Waals surface area contributed by atoms with Gasteiger partial charge in [0, 0.05) is 5.69 Å². The van der Waals surface area contributed by atoms with Crippen LogP contribution in [0.15, 0.2) is 6.07 Å². The van der Waals surface area contributed by atoms with Gasteiger partial charge in [0.25, 0.3) is 0 Å². The van der Waals surface area contributed by atoms with Gasteiger partial charge in [0.05, 0.1) is 12.2 Å². The second kappa shape index (κ2) is 4.72. The molecule has 100 valence electrons. The van der Waals surface area contributed by atoms with E-state index in [1.165, 1.54) is 0 Å². The fourth-order valence-corrected chi connectivity index (χ4v) is 2.36. The van der Waals surface area contributed by atoms with Gasteiger partial charge in [0.15, 0.2) is 0 Å². The topological polar surface area (TPSA) is 86.9 Å². The Balaban J connectivity index is 2.26. The highest BCUT2D eigenvalue weighted by Crippen LogP contribution is 2.39. The van der Waals surface area contributed by atoms with Crippen LogP contribution in [0.25, 0.3) is 0 Å². The molecule has 0 saturated heterocycles. The summed E-state index contributed by atoms with van der Waals surface area (Å²) in [6.07, 6.45) is 3.75. The zero-order valence-electron chi connectivity index (χ0n) is 11.1. The van der Waals surface area contributed by atoms with Gasteiger partial charge in [-0.2, -0.15) is 5.10 Å². The molecule has 5 heteroatoms. The molecule has 0 aromatic carbocycles. The lowest BCUT2D eigenvalue weighted by atomic mass is 9.93. The molecule has 1 aliphatic carbocycles. The zero-order chi connectivity index (χ0) is 13.3. The van der Waals surface area contributed by atoms with Gasteiger partial charge in [-0.05, 0) is 37.7 Å². The molecule has 0 radical (unpaired) electrons. The number of hydrogen-bond donors (Lipinski definition) is 2. The maximum atomic E-state index is 11.6. The molecule has 5 nitrogen and oxygen atoms in total. The number of amides is 1. The van der Waals surface area contributed by atoms with Gasteiger partial charge in [-0.25, -0.2) is 0 Å². The van der Waals surface area contributed by atoms with Crippen molar-refractivity contribution >= 4 is 5.91 Å². The van der Waals surface area contributed by atoms with Crippen LogP contribution in [0.1, 0.15) is 38.1 Å². The van der Waals surface area contributed by atoms with E-state index in [2.05, 4.69) is 25.0 Å². The van der Waals surface area contributed by atoms with Crippen molar-refractivity contribution in [3.8, 4) is 0 Å². The summed E-state index contributed by atoms with van der Waals surface area (Å²) in [4.78, 5) is 11.6. The number of aromatic nitrogens is 2. The highest BCUT2D eigenvalue weighted by Gasteiger charge is 2.47. The van der Waals surface area contributed by atoms with Crippen molar-refractivity contribution < 1.29 is 4.79 Å². The minimum Gasteiger partial charge on any atom is -0.368 e. The predicted octanol–water partition coefficient (Wildman–Crippen LogP) is 0.601. The average molecular weight is 250 g/mol. The molecule has 0 aliphatic heterocycles. The van der Waals surface area contributed by atoms with E-state index in [9.17, 15) is 4.79 Å². The first-order chi connectivity index (χ1) is 8.51. The SMILES string of the molecule is CCc1cc(CC)n(CC(N)(C(N)=O)C2CC2)n1. The summed E-state index contributed by atoms with van der Waals surface area (Å²) >= 11 is 0.